The molecule has 0 radical (unpaired) electrons. The molecule has 124 valence electrons. The van der Waals surface area contributed by atoms with Crippen LogP contribution in [0, 0.1) is 0 Å². The Balaban J connectivity index is 1.69. The third-order valence-corrected chi connectivity index (χ3v) is 4.10. The fourth-order valence-corrected chi connectivity index (χ4v) is 2.84. The largest absolute Gasteiger partial charge is 0.352 e. The summed E-state index contributed by atoms with van der Waals surface area (Å²) in [4.78, 5) is 20.8. The molecule has 2 heterocycles. The lowest BCUT2D eigenvalue weighted by molar-refractivity contribution is -0.120. The zero-order valence-electron chi connectivity index (χ0n) is 14.3. The van der Waals surface area contributed by atoms with Gasteiger partial charge in [-0.25, -0.2) is 4.98 Å². The quantitative estimate of drug-likeness (QED) is 0.785. The monoisotopic (exact) mass is 322 g/mol. The Morgan fingerprint density at radius 3 is 2.62 bits per heavy atom. The van der Waals surface area contributed by atoms with Gasteiger partial charge in [0, 0.05) is 31.9 Å². The highest BCUT2D eigenvalue weighted by Gasteiger charge is 2.12. The number of pyridine rings is 1. The molecule has 0 unspecified atom stereocenters. The van der Waals surface area contributed by atoms with E-state index in [0.29, 0.717) is 18.9 Å². The van der Waals surface area contributed by atoms with Gasteiger partial charge in [0.25, 0.3) is 0 Å². The minimum absolute atomic E-state index is 0.00572. The number of carbonyl (C=O) groups excluding carboxylic acids is 1. The topological polar surface area (TPSA) is 59.8 Å². The molecule has 2 aromatic heterocycles. The van der Waals surface area contributed by atoms with Crippen LogP contribution in [-0.4, -0.2) is 20.4 Å². The summed E-state index contributed by atoms with van der Waals surface area (Å²) in [5.41, 5.74) is 4.06. The van der Waals surface area contributed by atoms with E-state index in [1.54, 1.807) is 12.4 Å². The van der Waals surface area contributed by atoms with Gasteiger partial charge in [0.2, 0.25) is 5.91 Å². The minimum Gasteiger partial charge on any atom is -0.352 e. The number of aromatic nitrogens is 3. The Hall–Kier alpha value is -2.69. The summed E-state index contributed by atoms with van der Waals surface area (Å²) in [6.07, 6.45) is 3.81. The van der Waals surface area contributed by atoms with Gasteiger partial charge in [-0.05, 0) is 35.4 Å². The molecule has 1 aromatic carbocycles. The van der Waals surface area contributed by atoms with Crippen molar-refractivity contribution in [2.45, 2.75) is 32.7 Å². The number of imidazole rings is 1. The normalized spacial score (nSPS) is 11.2. The summed E-state index contributed by atoms with van der Waals surface area (Å²) < 4.78 is 2.12. The first kappa shape index (κ1) is 16.2. The first-order valence-electron chi connectivity index (χ1n) is 8.15. The second kappa shape index (κ2) is 6.83. The van der Waals surface area contributed by atoms with E-state index in [1.165, 1.54) is 0 Å². The van der Waals surface area contributed by atoms with Gasteiger partial charge in [0.1, 0.15) is 5.82 Å². The lowest BCUT2D eigenvalue weighted by Crippen LogP contribution is -2.24. The van der Waals surface area contributed by atoms with Crippen LogP contribution in [0.5, 0.6) is 0 Å². The Labute approximate surface area is 141 Å². The molecule has 0 fully saturated rings. The molecule has 0 atom stereocenters. The van der Waals surface area contributed by atoms with Crippen LogP contribution in [0.4, 0.5) is 0 Å². The maximum atomic E-state index is 12.1. The summed E-state index contributed by atoms with van der Waals surface area (Å²) >= 11 is 0. The van der Waals surface area contributed by atoms with Crippen molar-refractivity contribution in [2.24, 2.45) is 7.05 Å². The van der Waals surface area contributed by atoms with Gasteiger partial charge >= 0.3 is 0 Å². The summed E-state index contributed by atoms with van der Waals surface area (Å²) in [5, 5.41) is 2.94. The van der Waals surface area contributed by atoms with Crippen molar-refractivity contribution < 1.29 is 4.79 Å². The average Bonchev–Trinajstić information content (AvgIpc) is 2.90. The molecule has 0 saturated heterocycles. The van der Waals surface area contributed by atoms with Crippen LogP contribution in [0.1, 0.15) is 36.7 Å². The fraction of sp³-hybridized carbons (Fsp3) is 0.316. The number of hydrogen-bond acceptors (Lipinski definition) is 3. The molecule has 5 heteroatoms. The molecule has 1 amide bonds. The number of hydrogen-bond donors (Lipinski definition) is 1. The second-order valence-electron chi connectivity index (χ2n) is 6.32. The molecular weight excluding hydrogens is 300 g/mol. The number of nitrogens with zero attached hydrogens (tertiary/aromatic N) is 3. The van der Waals surface area contributed by atoms with E-state index in [1.807, 2.05) is 37.4 Å². The van der Waals surface area contributed by atoms with Crippen LogP contribution < -0.4 is 5.32 Å². The molecule has 3 aromatic rings. The van der Waals surface area contributed by atoms with Crippen LogP contribution >= 0.6 is 0 Å². The third-order valence-electron chi connectivity index (χ3n) is 4.10. The molecule has 0 aliphatic rings. The van der Waals surface area contributed by atoms with Gasteiger partial charge in [0.15, 0.2) is 0 Å². The average molecular weight is 322 g/mol. The molecule has 5 nitrogen and oxygen atoms in total. The standard InChI is InChI=1S/C19H22N4O/c1-13(2)19-22-16-10-15(4-5-17(16)23(19)3)11-18(24)21-12-14-6-8-20-9-7-14/h4-10,13H,11-12H2,1-3H3,(H,21,24). The van der Waals surface area contributed by atoms with E-state index >= 15 is 0 Å². The first-order chi connectivity index (χ1) is 11.5. The summed E-state index contributed by atoms with van der Waals surface area (Å²) in [6.45, 7) is 4.79. The van der Waals surface area contributed by atoms with Crippen molar-refractivity contribution in [3.63, 3.8) is 0 Å². The lowest BCUT2D eigenvalue weighted by Gasteiger charge is -2.06. The predicted octanol–water partition coefficient (Wildman–Crippen LogP) is 2.95. The Bertz CT molecular complexity index is 852. The molecule has 0 aliphatic heterocycles. The van der Waals surface area contributed by atoms with Crippen molar-refractivity contribution in [3.05, 3.63) is 59.7 Å². The highest BCUT2D eigenvalue weighted by molar-refractivity contribution is 5.82. The Morgan fingerprint density at radius 1 is 1.17 bits per heavy atom. The maximum absolute atomic E-state index is 12.1. The lowest BCUT2D eigenvalue weighted by atomic mass is 10.1. The number of nitrogens with one attached hydrogen (secondary N) is 1. The van der Waals surface area contributed by atoms with Gasteiger partial charge in [-0.3, -0.25) is 9.78 Å². The SMILES string of the molecule is CC(C)c1nc2cc(CC(=O)NCc3ccncc3)ccc2n1C. The van der Waals surface area contributed by atoms with Crippen LogP contribution in [-0.2, 0) is 24.8 Å². The van der Waals surface area contributed by atoms with E-state index in [2.05, 4.69) is 28.7 Å². The predicted molar refractivity (Wildman–Crippen MR) is 94.6 cm³/mol. The van der Waals surface area contributed by atoms with Crippen molar-refractivity contribution in [1.29, 1.82) is 0 Å². The van der Waals surface area contributed by atoms with Gasteiger partial charge in [0.05, 0.1) is 17.5 Å². The molecule has 0 spiro atoms. The van der Waals surface area contributed by atoms with E-state index in [-0.39, 0.29) is 5.91 Å². The van der Waals surface area contributed by atoms with Crippen molar-refractivity contribution >= 4 is 16.9 Å². The zero-order valence-corrected chi connectivity index (χ0v) is 14.3. The van der Waals surface area contributed by atoms with E-state index in [4.69, 9.17) is 4.98 Å². The number of benzene rings is 1. The number of amides is 1. The zero-order chi connectivity index (χ0) is 17.1. The number of fused-ring (bicyclic) bond motifs is 1. The first-order valence-corrected chi connectivity index (χ1v) is 8.15. The summed E-state index contributed by atoms with van der Waals surface area (Å²) in [7, 11) is 2.03. The molecule has 3 rings (SSSR count). The van der Waals surface area contributed by atoms with Gasteiger partial charge in [-0.15, -0.1) is 0 Å². The number of rotatable bonds is 5. The Morgan fingerprint density at radius 2 is 1.92 bits per heavy atom. The van der Waals surface area contributed by atoms with Crippen LogP contribution in [0.3, 0.4) is 0 Å². The number of aryl methyl sites for hydroxylation is 1. The maximum Gasteiger partial charge on any atom is 0.224 e. The van der Waals surface area contributed by atoms with Gasteiger partial charge in [-0.1, -0.05) is 19.9 Å². The molecule has 24 heavy (non-hydrogen) atoms. The third kappa shape index (κ3) is 3.45. The smallest absolute Gasteiger partial charge is 0.224 e. The Kier molecular flexibility index (Phi) is 4.60. The van der Waals surface area contributed by atoms with Crippen molar-refractivity contribution in [2.75, 3.05) is 0 Å². The highest BCUT2D eigenvalue weighted by atomic mass is 16.1. The van der Waals surface area contributed by atoms with Crippen molar-refractivity contribution in [1.82, 2.24) is 19.9 Å². The summed E-state index contributed by atoms with van der Waals surface area (Å²) in [6, 6.07) is 9.84. The van der Waals surface area contributed by atoms with E-state index in [9.17, 15) is 4.79 Å². The molecule has 0 saturated carbocycles. The van der Waals surface area contributed by atoms with Crippen LogP contribution in [0.25, 0.3) is 11.0 Å². The van der Waals surface area contributed by atoms with Crippen LogP contribution in [0.2, 0.25) is 0 Å². The van der Waals surface area contributed by atoms with Gasteiger partial charge in [-0.2, -0.15) is 0 Å². The van der Waals surface area contributed by atoms with Crippen molar-refractivity contribution in [3.8, 4) is 0 Å². The van der Waals surface area contributed by atoms with E-state index in [0.717, 1.165) is 28.0 Å². The highest BCUT2D eigenvalue weighted by Crippen LogP contribution is 2.21. The molecule has 0 bridgehead atoms. The van der Waals surface area contributed by atoms with Crippen LogP contribution in [0.15, 0.2) is 42.7 Å². The molecule has 0 aliphatic carbocycles. The molecule has 1 N–H and O–H groups in total. The van der Waals surface area contributed by atoms with E-state index < -0.39 is 0 Å². The fourth-order valence-electron chi connectivity index (χ4n) is 2.84. The second-order valence-corrected chi connectivity index (χ2v) is 6.32. The molecular formula is C19H22N4O. The summed E-state index contributed by atoms with van der Waals surface area (Å²) in [5.74, 6) is 1.44. The minimum atomic E-state index is 0.00572. The number of carbonyl (C=O) groups is 1. The van der Waals surface area contributed by atoms with Gasteiger partial charge < -0.3 is 9.88 Å².